The minimum Gasteiger partial charge on any atom is -0.396 e. The lowest BCUT2D eigenvalue weighted by atomic mass is 10.2. The SMILES string of the molecule is C[Si](C)(C)[C@]1(C(=O)Nc2ccccc2)C[C@H]1CO. The second kappa shape index (κ2) is 4.52. The molecule has 1 amide bonds. The van der Waals surface area contributed by atoms with Gasteiger partial charge >= 0.3 is 0 Å². The number of carbonyl (C=O) groups excluding carboxylic acids is 1. The monoisotopic (exact) mass is 263 g/mol. The van der Waals surface area contributed by atoms with Gasteiger partial charge in [0.15, 0.2) is 0 Å². The Kier molecular flexibility index (Phi) is 3.34. The highest BCUT2D eigenvalue weighted by Crippen LogP contribution is 2.66. The molecule has 4 heteroatoms. The fraction of sp³-hybridized carbons (Fsp3) is 0.500. The second-order valence-corrected chi connectivity index (χ2v) is 11.5. The van der Waals surface area contributed by atoms with Crippen LogP contribution in [-0.2, 0) is 4.79 Å². The molecule has 0 radical (unpaired) electrons. The molecule has 1 fully saturated rings. The van der Waals surface area contributed by atoms with Crippen molar-refractivity contribution in [1.29, 1.82) is 0 Å². The molecule has 18 heavy (non-hydrogen) atoms. The zero-order valence-corrected chi connectivity index (χ0v) is 12.2. The Balaban J connectivity index is 2.17. The largest absolute Gasteiger partial charge is 0.396 e. The third-order valence-corrected chi connectivity index (χ3v) is 7.62. The van der Waals surface area contributed by atoms with Gasteiger partial charge in [-0.05, 0) is 24.5 Å². The summed E-state index contributed by atoms with van der Waals surface area (Å²) in [5.74, 6) is 0.236. The molecular formula is C14H21NO2Si. The van der Waals surface area contributed by atoms with Gasteiger partial charge in [0.05, 0.1) is 8.07 Å². The van der Waals surface area contributed by atoms with E-state index in [0.717, 1.165) is 12.1 Å². The van der Waals surface area contributed by atoms with Crippen LogP contribution in [0.3, 0.4) is 0 Å². The average molecular weight is 263 g/mol. The quantitative estimate of drug-likeness (QED) is 0.821. The maximum Gasteiger partial charge on any atom is 0.228 e. The third kappa shape index (κ3) is 2.10. The number of aliphatic hydroxyl groups excluding tert-OH is 1. The van der Waals surface area contributed by atoms with Crippen molar-refractivity contribution in [1.82, 2.24) is 0 Å². The minimum absolute atomic E-state index is 0.0897. The Labute approximate surface area is 109 Å². The number of benzene rings is 1. The number of hydrogen-bond donors (Lipinski definition) is 2. The van der Waals surface area contributed by atoms with E-state index in [0.29, 0.717) is 0 Å². The lowest BCUT2D eigenvalue weighted by Crippen LogP contribution is -2.40. The average Bonchev–Trinajstić information content (AvgIpc) is 3.05. The van der Waals surface area contributed by atoms with Crippen molar-refractivity contribution in [3.63, 3.8) is 0 Å². The number of hydrogen-bond acceptors (Lipinski definition) is 2. The van der Waals surface area contributed by atoms with Crippen molar-refractivity contribution in [3.8, 4) is 0 Å². The number of nitrogens with one attached hydrogen (secondary N) is 1. The van der Waals surface area contributed by atoms with Crippen LogP contribution in [-0.4, -0.2) is 25.7 Å². The van der Waals surface area contributed by atoms with Crippen molar-refractivity contribution in [2.45, 2.75) is 31.1 Å². The molecule has 0 bridgehead atoms. The molecule has 2 rings (SSSR count). The maximum atomic E-state index is 12.5. The molecule has 1 aliphatic carbocycles. The Bertz CT molecular complexity index is 441. The van der Waals surface area contributed by atoms with E-state index in [1.54, 1.807) is 0 Å². The summed E-state index contributed by atoms with van der Waals surface area (Å²) in [6, 6.07) is 9.54. The zero-order valence-electron chi connectivity index (χ0n) is 11.2. The number of para-hydroxylation sites is 1. The zero-order chi connectivity index (χ0) is 13.4. The summed E-state index contributed by atoms with van der Waals surface area (Å²) >= 11 is 0. The lowest BCUT2D eigenvalue weighted by molar-refractivity contribution is -0.117. The van der Waals surface area contributed by atoms with Crippen LogP contribution < -0.4 is 5.32 Å². The molecule has 3 nitrogen and oxygen atoms in total. The van der Waals surface area contributed by atoms with E-state index in [9.17, 15) is 9.90 Å². The molecular weight excluding hydrogens is 242 g/mol. The van der Waals surface area contributed by atoms with Crippen LogP contribution >= 0.6 is 0 Å². The lowest BCUT2D eigenvalue weighted by Gasteiger charge is -2.29. The van der Waals surface area contributed by atoms with Crippen LogP contribution in [0.15, 0.2) is 30.3 Å². The van der Waals surface area contributed by atoms with Crippen LogP contribution in [0.1, 0.15) is 6.42 Å². The van der Waals surface area contributed by atoms with Gasteiger partial charge in [0.1, 0.15) is 0 Å². The van der Waals surface area contributed by atoms with Gasteiger partial charge in [-0.25, -0.2) is 0 Å². The Morgan fingerprint density at radius 1 is 1.39 bits per heavy atom. The molecule has 2 atom stereocenters. The van der Waals surface area contributed by atoms with E-state index < -0.39 is 8.07 Å². The first kappa shape index (κ1) is 13.3. The molecule has 0 spiro atoms. The van der Waals surface area contributed by atoms with Gasteiger partial charge in [0.2, 0.25) is 5.91 Å². The number of carbonyl (C=O) groups is 1. The van der Waals surface area contributed by atoms with Gasteiger partial charge in [0.25, 0.3) is 0 Å². The molecule has 0 aliphatic heterocycles. The van der Waals surface area contributed by atoms with E-state index in [1.807, 2.05) is 30.3 Å². The summed E-state index contributed by atoms with van der Waals surface area (Å²) < 4.78 is 0. The highest BCUT2D eigenvalue weighted by molar-refractivity contribution is 6.83. The topological polar surface area (TPSA) is 49.3 Å². The van der Waals surface area contributed by atoms with Crippen LogP contribution in [0, 0.1) is 5.92 Å². The predicted octanol–water partition coefficient (Wildman–Crippen LogP) is 2.72. The van der Waals surface area contributed by atoms with E-state index >= 15 is 0 Å². The standard InChI is InChI=1S/C14H21NO2Si/c1-18(2,3)14(9-11(14)10-16)13(17)15-12-7-5-4-6-8-12/h4-8,11,16H,9-10H2,1-3H3,(H,15,17)/t11-,14+/m0/s1. The number of anilines is 1. The molecule has 1 aromatic carbocycles. The van der Waals surface area contributed by atoms with E-state index in [1.165, 1.54) is 0 Å². The summed E-state index contributed by atoms with van der Waals surface area (Å²) in [6.07, 6.45) is 0.831. The fourth-order valence-corrected chi connectivity index (χ4v) is 5.77. The van der Waals surface area contributed by atoms with Gasteiger partial charge in [-0.1, -0.05) is 37.8 Å². The van der Waals surface area contributed by atoms with Crippen molar-refractivity contribution in [2.24, 2.45) is 5.92 Å². The molecule has 0 heterocycles. The van der Waals surface area contributed by atoms with Gasteiger partial charge in [-0.2, -0.15) is 0 Å². The van der Waals surface area contributed by atoms with Crippen LogP contribution in [0.2, 0.25) is 24.7 Å². The molecule has 1 aromatic rings. The molecule has 0 aromatic heterocycles. The number of amides is 1. The summed E-state index contributed by atoms with van der Waals surface area (Å²) in [5.41, 5.74) is 0.837. The number of rotatable bonds is 4. The van der Waals surface area contributed by atoms with Crippen LogP contribution in [0.4, 0.5) is 5.69 Å². The van der Waals surface area contributed by atoms with E-state index in [-0.39, 0.29) is 23.5 Å². The third-order valence-electron chi connectivity index (χ3n) is 4.10. The van der Waals surface area contributed by atoms with Crippen molar-refractivity contribution >= 4 is 19.7 Å². The van der Waals surface area contributed by atoms with Gasteiger partial charge in [0, 0.05) is 17.3 Å². The fourth-order valence-electron chi connectivity index (χ4n) is 2.85. The second-order valence-electron chi connectivity index (χ2n) is 6.13. The summed E-state index contributed by atoms with van der Waals surface area (Å²) in [7, 11) is -1.65. The molecule has 1 saturated carbocycles. The highest BCUT2D eigenvalue weighted by atomic mass is 28.3. The smallest absolute Gasteiger partial charge is 0.228 e. The van der Waals surface area contributed by atoms with Crippen molar-refractivity contribution in [3.05, 3.63) is 30.3 Å². The summed E-state index contributed by atoms with van der Waals surface area (Å²) in [4.78, 5) is 12.5. The van der Waals surface area contributed by atoms with E-state index in [4.69, 9.17) is 0 Å². The van der Waals surface area contributed by atoms with Gasteiger partial charge < -0.3 is 10.4 Å². The van der Waals surface area contributed by atoms with Crippen LogP contribution in [0.5, 0.6) is 0 Å². The first-order chi connectivity index (χ1) is 8.41. The summed E-state index contributed by atoms with van der Waals surface area (Å²) in [5, 5.41) is 12.1. The Morgan fingerprint density at radius 3 is 2.44 bits per heavy atom. The van der Waals surface area contributed by atoms with Crippen LogP contribution in [0.25, 0.3) is 0 Å². The number of aliphatic hydroxyl groups is 1. The Morgan fingerprint density at radius 2 is 2.00 bits per heavy atom. The summed E-state index contributed by atoms with van der Waals surface area (Å²) in [6.45, 7) is 6.72. The van der Waals surface area contributed by atoms with Crippen molar-refractivity contribution in [2.75, 3.05) is 11.9 Å². The molecule has 1 aliphatic rings. The molecule has 2 N–H and O–H groups in total. The maximum absolute atomic E-state index is 12.5. The Hall–Kier alpha value is -1.13. The first-order valence-corrected chi connectivity index (χ1v) is 9.89. The normalized spacial score (nSPS) is 26.8. The minimum atomic E-state index is -1.65. The van der Waals surface area contributed by atoms with Crippen molar-refractivity contribution < 1.29 is 9.90 Å². The first-order valence-electron chi connectivity index (χ1n) is 6.39. The molecule has 0 unspecified atom stereocenters. The van der Waals surface area contributed by atoms with Gasteiger partial charge in [-0.3, -0.25) is 4.79 Å². The highest BCUT2D eigenvalue weighted by Gasteiger charge is 2.66. The predicted molar refractivity (Wildman–Crippen MR) is 76.3 cm³/mol. The molecule has 98 valence electrons. The van der Waals surface area contributed by atoms with Gasteiger partial charge in [-0.15, -0.1) is 0 Å². The molecule has 0 saturated heterocycles. The van der Waals surface area contributed by atoms with E-state index in [2.05, 4.69) is 25.0 Å².